The average Bonchev–Trinajstić information content (AvgIpc) is 2.54. The summed E-state index contributed by atoms with van der Waals surface area (Å²) >= 11 is 1.21. The number of hydrogen-bond donors (Lipinski definition) is 0. The molecule has 2 nitrogen and oxygen atoms in total. The van der Waals surface area contributed by atoms with Gasteiger partial charge in [-0.25, -0.2) is 0 Å². The van der Waals surface area contributed by atoms with Crippen molar-refractivity contribution in [3.63, 3.8) is 0 Å². The Labute approximate surface area is 114 Å². The number of thioether (sulfide) groups is 1. The van der Waals surface area contributed by atoms with Crippen molar-refractivity contribution in [2.75, 3.05) is 0 Å². The number of ketones is 1. The van der Waals surface area contributed by atoms with Crippen LogP contribution in [0.1, 0.15) is 47.0 Å². The first-order valence-corrected chi connectivity index (χ1v) is 7.33. The molecule has 0 aromatic rings. The maximum absolute atomic E-state index is 11.8. The fourth-order valence-electron chi connectivity index (χ4n) is 1.86. The molecule has 100 valence electrons. The van der Waals surface area contributed by atoms with Crippen LogP contribution in [-0.4, -0.2) is 16.1 Å². The van der Waals surface area contributed by atoms with Gasteiger partial charge in [0.15, 0.2) is 10.9 Å². The topological polar surface area (TPSA) is 34.1 Å². The van der Waals surface area contributed by atoms with Crippen molar-refractivity contribution in [2.24, 2.45) is 5.92 Å². The Kier molecular flexibility index (Phi) is 5.86. The summed E-state index contributed by atoms with van der Waals surface area (Å²) in [6.07, 6.45) is 7.10. The molecule has 0 saturated carbocycles. The largest absolute Gasteiger partial charge is 0.298 e. The number of carbonyl (C=O) groups excluding carboxylic acids is 2. The van der Waals surface area contributed by atoms with E-state index in [4.69, 9.17) is 0 Å². The van der Waals surface area contributed by atoms with Gasteiger partial charge < -0.3 is 0 Å². The van der Waals surface area contributed by atoms with E-state index in [1.165, 1.54) is 22.9 Å². The molecule has 0 radical (unpaired) electrons. The Hall–Kier alpha value is -0.830. The second kappa shape index (κ2) is 6.93. The molecule has 18 heavy (non-hydrogen) atoms. The molecule has 0 bridgehead atoms. The molecule has 0 aliphatic carbocycles. The van der Waals surface area contributed by atoms with Gasteiger partial charge in [-0.15, -0.1) is 0 Å². The van der Waals surface area contributed by atoms with Crippen molar-refractivity contribution in [3.8, 4) is 0 Å². The molecular formula is C15H22O2S. The third-order valence-corrected chi connectivity index (χ3v) is 4.42. The average molecular weight is 266 g/mol. The lowest BCUT2D eigenvalue weighted by Gasteiger charge is -2.04. The van der Waals surface area contributed by atoms with E-state index in [9.17, 15) is 9.59 Å². The molecular weight excluding hydrogens is 244 g/mol. The summed E-state index contributed by atoms with van der Waals surface area (Å²) in [4.78, 5) is 23.2. The fourth-order valence-corrected chi connectivity index (χ4v) is 2.97. The van der Waals surface area contributed by atoms with Crippen LogP contribution in [0.5, 0.6) is 0 Å². The second-order valence-corrected chi connectivity index (χ2v) is 6.36. The highest BCUT2D eigenvalue weighted by Gasteiger charge is 2.38. The Morgan fingerprint density at radius 2 is 1.89 bits per heavy atom. The van der Waals surface area contributed by atoms with Crippen molar-refractivity contribution in [3.05, 3.63) is 23.3 Å². The van der Waals surface area contributed by atoms with Crippen molar-refractivity contribution < 1.29 is 9.59 Å². The highest BCUT2D eigenvalue weighted by molar-refractivity contribution is 8.15. The maximum Gasteiger partial charge on any atom is 0.199 e. The van der Waals surface area contributed by atoms with Crippen LogP contribution in [0.15, 0.2) is 23.3 Å². The number of Topliss-reactive ketones (excluding diaryl/α,β-unsaturated/α-hetero) is 1. The van der Waals surface area contributed by atoms with Crippen molar-refractivity contribution >= 4 is 22.7 Å². The summed E-state index contributed by atoms with van der Waals surface area (Å²) < 4.78 is 0. The first-order chi connectivity index (χ1) is 8.41. The van der Waals surface area contributed by atoms with Gasteiger partial charge in [0.25, 0.3) is 0 Å². The van der Waals surface area contributed by atoms with Crippen LogP contribution >= 0.6 is 11.8 Å². The fraction of sp³-hybridized carbons (Fsp3) is 0.600. The number of carbonyl (C=O) groups is 2. The van der Waals surface area contributed by atoms with Gasteiger partial charge in [0.05, 0.1) is 11.2 Å². The van der Waals surface area contributed by atoms with Crippen LogP contribution in [0.4, 0.5) is 0 Å². The van der Waals surface area contributed by atoms with Gasteiger partial charge >= 0.3 is 0 Å². The molecule has 1 heterocycles. The van der Waals surface area contributed by atoms with Crippen LogP contribution in [0.3, 0.4) is 0 Å². The molecule has 1 saturated heterocycles. The van der Waals surface area contributed by atoms with Gasteiger partial charge in [-0.2, -0.15) is 0 Å². The van der Waals surface area contributed by atoms with Crippen LogP contribution in [0.2, 0.25) is 0 Å². The number of hydrogen-bond acceptors (Lipinski definition) is 3. The molecule has 3 heteroatoms. The zero-order valence-corrected chi connectivity index (χ0v) is 12.5. The summed E-state index contributed by atoms with van der Waals surface area (Å²) in [5, 5.41) is -0.119. The van der Waals surface area contributed by atoms with E-state index in [-0.39, 0.29) is 16.1 Å². The van der Waals surface area contributed by atoms with Crippen LogP contribution in [-0.2, 0) is 9.59 Å². The van der Waals surface area contributed by atoms with Gasteiger partial charge in [-0.3, -0.25) is 9.59 Å². The summed E-state index contributed by atoms with van der Waals surface area (Å²) in [7, 11) is 0. The molecule has 1 fully saturated rings. The van der Waals surface area contributed by atoms with Crippen molar-refractivity contribution in [1.82, 2.24) is 0 Å². The lowest BCUT2D eigenvalue weighted by molar-refractivity contribution is -0.125. The van der Waals surface area contributed by atoms with E-state index in [0.29, 0.717) is 6.42 Å². The van der Waals surface area contributed by atoms with E-state index in [0.717, 1.165) is 12.8 Å². The first-order valence-electron chi connectivity index (χ1n) is 6.45. The summed E-state index contributed by atoms with van der Waals surface area (Å²) in [6.45, 7) is 8.00. The molecule has 0 aromatic carbocycles. The number of allylic oxidation sites excluding steroid dienone is 4. The monoisotopic (exact) mass is 266 g/mol. The molecule has 0 amide bonds. The minimum atomic E-state index is -0.403. The minimum Gasteiger partial charge on any atom is -0.298 e. The molecule has 2 atom stereocenters. The van der Waals surface area contributed by atoms with Gasteiger partial charge in [-0.1, -0.05) is 35.1 Å². The van der Waals surface area contributed by atoms with Gasteiger partial charge in [0, 0.05) is 0 Å². The molecule has 0 N–H and O–H groups in total. The van der Waals surface area contributed by atoms with Crippen molar-refractivity contribution in [2.45, 2.75) is 52.2 Å². The molecule has 2 unspecified atom stereocenters. The van der Waals surface area contributed by atoms with E-state index >= 15 is 0 Å². The van der Waals surface area contributed by atoms with E-state index in [2.05, 4.69) is 32.9 Å². The van der Waals surface area contributed by atoms with Crippen LogP contribution in [0.25, 0.3) is 0 Å². The highest BCUT2D eigenvalue weighted by atomic mass is 32.2. The zero-order valence-electron chi connectivity index (χ0n) is 11.7. The predicted octanol–water partition coefficient (Wildman–Crippen LogP) is 3.92. The highest BCUT2D eigenvalue weighted by Crippen LogP contribution is 2.32. The zero-order chi connectivity index (χ0) is 13.7. The Morgan fingerprint density at radius 3 is 2.39 bits per heavy atom. The number of rotatable bonds is 5. The summed E-state index contributed by atoms with van der Waals surface area (Å²) in [5.41, 5.74) is 2.64. The second-order valence-electron chi connectivity index (χ2n) is 5.16. The predicted molar refractivity (Wildman–Crippen MR) is 77.6 cm³/mol. The summed E-state index contributed by atoms with van der Waals surface area (Å²) in [5.74, 6) is -0.308. The van der Waals surface area contributed by atoms with Gasteiger partial charge in [0.1, 0.15) is 0 Å². The molecule has 1 aliphatic rings. The standard InChI is InChI=1S/C15H22O2S/c1-10(2)6-5-7-11(3)8-9-13-14(16)12(4)15(17)18-13/h6,8,12-13H,5,7,9H2,1-4H3. The lowest BCUT2D eigenvalue weighted by Crippen LogP contribution is -2.16. The Morgan fingerprint density at radius 1 is 1.22 bits per heavy atom. The smallest absolute Gasteiger partial charge is 0.199 e. The van der Waals surface area contributed by atoms with Crippen molar-refractivity contribution in [1.29, 1.82) is 0 Å². The molecule has 0 aromatic heterocycles. The van der Waals surface area contributed by atoms with Crippen LogP contribution < -0.4 is 0 Å². The third-order valence-electron chi connectivity index (χ3n) is 3.13. The third kappa shape index (κ3) is 4.45. The van der Waals surface area contributed by atoms with Gasteiger partial charge in [0.2, 0.25) is 0 Å². The van der Waals surface area contributed by atoms with E-state index < -0.39 is 5.92 Å². The minimum absolute atomic E-state index is 0.0283. The van der Waals surface area contributed by atoms with Crippen LogP contribution in [0, 0.1) is 5.92 Å². The van der Waals surface area contributed by atoms with E-state index in [1.54, 1.807) is 6.92 Å². The van der Waals surface area contributed by atoms with E-state index in [1.807, 2.05) is 0 Å². The lowest BCUT2D eigenvalue weighted by atomic mass is 10.0. The Bertz CT molecular complexity index is 389. The normalized spacial score (nSPS) is 24.6. The van der Waals surface area contributed by atoms with Gasteiger partial charge in [-0.05, 0) is 47.0 Å². The Balaban J connectivity index is 2.42. The SMILES string of the molecule is CC(C)=CCCC(C)=CCC1SC(=O)C(C)C1=O. The molecule has 1 aliphatic heterocycles. The molecule has 1 rings (SSSR count). The molecule has 0 spiro atoms. The summed E-state index contributed by atoms with van der Waals surface area (Å²) in [6, 6.07) is 0. The maximum atomic E-state index is 11.8. The quantitative estimate of drug-likeness (QED) is 0.559. The first kappa shape index (κ1) is 15.2.